The van der Waals surface area contributed by atoms with Gasteiger partial charge < -0.3 is 10.1 Å². The lowest BCUT2D eigenvalue weighted by Crippen LogP contribution is -2.32. The Morgan fingerprint density at radius 2 is 2.18 bits per heavy atom. The first-order chi connectivity index (χ1) is 8.10. The van der Waals surface area contributed by atoms with Gasteiger partial charge in [-0.05, 0) is 19.3 Å². The average Bonchev–Trinajstić information content (AvgIpc) is 2.29. The fraction of sp³-hybridized carbons (Fsp3) is 0.900. The van der Waals surface area contributed by atoms with Gasteiger partial charge in [0.15, 0.2) is 0 Å². The van der Waals surface area contributed by atoms with Gasteiger partial charge in [-0.15, -0.1) is 9.42 Å². The summed E-state index contributed by atoms with van der Waals surface area (Å²) in [5.74, 6) is -0.0334. The van der Waals surface area contributed by atoms with E-state index in [9.17, 15) is 9.36 Å². The Hall–Kier alpha value is -0.550. The number of carbonyl (C=O) groups is 1. The maximum Gasteiger partial charge on any atom is 0.694 e. The molecular formula is C10H21NO5P+. The van der Waals surface area contributed by atoms with Gasteiger partial charge in [-0.3, -0.25) is 4.79 Å². The molecule has 0 spiro atoms. The highest BCUT2D eigenvalue weighted by molar-refractivity contribution is 7.32. The van der Waals surface area contributed by atoms with Crippen molar-refractivity contribution in [3.63, 3.8) is 0 Å². The summed E-state index contributed by atoms with van der Waals surface area (Å²) in [5.41, 5.74) is 0. The van der Waals surface area contributed by atoms with Crippen LogP contribution < -0.4 is 5.32 Å². The van der Waals surface area contributed by atoms with Crippen molar-refractivity contribution in [2.45, 2.75) is 38.7 Å². The van der Waals surface area contributed by atoms with Gasteiger partial charge in [0.1, 0.15) is 6.61 Å². The molecule has 17 heavy (non-hydrogen) atoms. The van der Waals surface area contributed by atoms with Crippen molar-refractivity contribution in [3.05, 3.63) is 0 Å². The molecule has 0 rings (SSSR count). The molecule has 2 N–H and O–H groups in total. The van der Waals surface area contributed by atoms with Crippen LogP contribution in [0.15, 0.2) is 0 Å². The van der Waals surface area contributed by atoms with E-state index in [1.54, 1.807) is 7.11 Å². The van der Waals surface area contributed by atoms with Gasteiger partial charge in [-0.1, -0.05) is 6.92 Å². The first-order valence-corrected chi connectivity index (χ1v) is 6.81. The van der Waals surface area contributed by atoms with E-state index in [1.807, 2.05) is 6.92 Å². The topological polar surface area (TPSA) is 84.9 Å². The summed E-state index contributed by atoms with van der Waals surface area (Å²) in [6.45, 7) is 2.72. The molecule has 1 amide bonds. The number of amides is 1. The van der Waals surface area contributed by atoms with Gasteiger partial charge in [0.2, 0.25) is 5.91 Å². The van der Waals surface area contributed by atoms with Crippen LogP contribution in [-0.2, 0) is 18.6 Å². The van der Waals surface area contributed by atoms with Crippen LogP contribution in [0.5, 0.6) is 0 Å². The van der Waals surface area contributed by atoms with Crippen molar-refractivity contribution >= 4 is 14.2 Å². The number of carbonyl (C=O) groups excluding carboxylic acids is 1. The molecule has 2 atom stereocenters. The van der Waals surface area contributed by atoms with Crippen molar-refractivity contribution in [1.82, 2.24) is 5.32 Å². The smallest absolute Gasteiger partial charge is 0.380 e. The number of nitrogens with one attached hydrogen (secondary N) is 1. The van der Waals surface area contributed by atoms with Gasteiger partial charge in [-0.25, -0.2) is 0 Å². The number of hydrogen-bond donors (Lipinski definition) is 2. The van der Waals surface area contributed by atoms with Crippen LogP contribution in [0.2, 0.25) is 0 Å². The quantitative estimate of drug-likeness (QED) is 0.460. The molecule has 0 radical (unpaired) electrons. The summed E-state index contributed by atoms with van der Waals surface area (Å²) < 4.78 is 19.8. The van der Waals surface area contributed by atoms with Gasteiger partial charge in [0.25, 0.3) is 0 Å². The van der Waals surface area contributed by atoms with Crippen molar-refractivity contribution < 1.29 is 23.5 Å². The molecule has 0 saturated heterocycles. The molecule has 0 aliphatic carbocycles. The van der Waals surface area contributed by atoms with Crippen molar-refractivity contribution in [3.8, 4) is 0 Å². The third kappa shape index (κ3) is 10.3. The molecule has 0 saturated carbocycles. The third-order valence-corrected chi connectivity index (χ3v) is 2.72. The summed E-state index contributed by atoms with van der Waals surface area (Å²) >= 11 is 0. The molecule has 100 valence electrons. The highest BCUT2D eigenvalue weighted by Crippen LogP contribution is 2.14. The Balaban J connectivity index is 3.43. The fourth-order valence-electron chi connectivity index (χ4n) is 1.24. The van der Waals surface area contributed by atoms with Crippen LogP contribution in [0.4, 0.5) is 0 Å². The molecule has 6 nitrogen and oxygen atoms in total. The largest absolute Gasteiger partial charge is 0.694 e. The molecule has 0 heterocycles. The minimum absolute atomic E-state index is 0.0334. The zero-order valence-electron chi connectivity index (χ0n) is 10.3. The molecule has 0 aliphatic heterocycles. The first-order valence-electron chi connectivity index (χ1n) is 5.68. The van der Waals surface area contributed by atoms with Gasteiger partial charge in [0.05, 0.1) is 6.10 Å². The Labute approximate surface area is 103 Å². The normalized spacial score (nSPS) is 13.2. The van der Waals surface area contributed by atoms with Crippen molar-refractivity contribution in [2.75, 3.05) is 20.3 Å². The molecule has 2 unspecified atom stereocenters. The molecule has 0 fully saturated rings. The maximum atomic E-state index is 11.4. The van der Waals surface area contributed by atoms with Crippen molar-refractivity contribution in [1.29, 1.82) is 0 Å². The Morgan fingerprint density at radius 1 is 1.47 bits per heavy atom. The molecule has 0 aliphatic rings. The fourth-order valence-corrected chi connectivity index (χ4v) is 1.53. The summed E-state index contributed by atoms with van der Waals surface area (Å²) in [4.78, 5) is 19.7. The maximum absolute atomic E-state index is 11.4. The van der Waals surface area contributed by atoms with Crippen LogP contribution in [-0.4, -0.2) is 37.2 Å². The van der Waals surface area contributed by atoms with Gasteiger partial charge >= 0.3 is 8.25 Å². The minimum Gasteiger partial charge on any atom is -0.380 e. The van der Waals surface area contributed by atoms with Crippen LogP contribution in [0.25, 0.3) is 0 Å². The summed E-state index contributed by atoms with van der Waals surface area (Å²) in [6.07, 6.45) is 2.54. The van der Waals surface area contributed by atoms with E-state index < -0.39 is 8.25 Å². The second kappa shape index (κ2) is 10.6. The lowest BCUT2D eigenvalue weighted by molar-refractivity contribution is -0.121. The number of ether oxygens (including phenoxy) is 1. The number of rotatable bonds is 10. The van der Waals surface area contributed by atoms with E-state index in [1.165, 1.54) is 0 Å². The van der Waals surface area contributed by atoms with Crippen LogP contribution in [0.1, 0.15) is 32.6 Å². The minimum atomic E-state index is -2.52. The van der Waals surface area contributed by atoms with E-state index in [4.69, 9.17) is 9.63 Å². The molecule has 0 aromatic heterocycles. The van der Waals surface area contributed by atoms with Gasteiger partial charge in [-0.2, -0.15) is 0 Å². The number of hydrogen-bond acceptors (Lipinski definition) is 4. The Bertz CT molecular complexity index is 233. The molecule has 0 bridgehead atoms. The lowest BCUT2D eigenvalue weighted by atomic mass is 10.2. The second-order valence-corrected chi connectivity index (χ2v) is 4.33. The molecular weight excluding hydrogens is 245 g/mol. The molecule has 0 aromatic rings. The van der Waals surface area contributed by atoms with Crippen molar-refractivity contribution in [2.24, 2.45) is 0 Å². The molecule has 0 aromatic carbocycles. The lowest BCUT2D eigenvalue weighted by Gasteiger charge is -2.13. The van der Waals surface area contributed by atoms with E-state index in [0.717, 1.165) is 6.42 Å². The Morgan fingerprint density at radius 3 is 2.71 bits per heavy atom. The summed E-state index contributed by atoms with van der Waals surface area (Å²) in [7, 11) is -0.901. The molecule has 7 heteroatoms. The Kier molecular flexibility index (Phi) is 10.3. The summed E-state index contributed by atoms with van der Waals surface area (Å²) in [5, 5.41) is 2.77. The van der Waals surface area contributed by atoms with E-state index in [2.05, 4.69) is 9.84 Å². The monoisotopic (exact) mass is 266 g/mol. The standard InChI is InChI=1S/C10H20NO5P/c1-3-9(15-2)8-11-10(12)6-4-5-7-16-17(13)14/h9H,3-8H2,1-2H3,(H-,11,12,13,14)/p+1. The van der Waals surface area contributed by atoms with E-state index >= 15 is 0 Å². The third-order valence-electron chi connectivity index (χ3n) is 2.32. The average molecular weight is 266 g/mol. The van der Waals surface area contributed by atoms with E-state index in [0.29, 0.717) is 25.8 Å². The van der Waals surface area contributed by atoms with Gasteiger partial charge in [0, 0.05) is 24.6 Å². The SMILES string of the molecule is CCC(CNC(=O)CCCCO[P+](=O)O)OC. The van der Waals surface area contributed by atoms with Crippen LogP contribution >= 0.6 is 8.25 Å². The number of unbranched alkanes of at least 4 members (excludes halogenated alkanes) is 1. The summed E-state index contributed by atoms with van der Waals surface area (Å²) in [6, 6.07) is 0. The van der Waals surface area contributed by atoms with E-state index in [-0.39, 0.29) is 18.6 Å². The number of methoxy groups -OCH3 is 1. The second-order valence-electron chi connectivity index (χ2n) is 3.60. The zero-order chi connectivity index (χ0) is 13.1. The predicted molar refractivity (Wildman–Crippen MR) is 63.7 cm³/mol. The predicted octanol–water partition coefficient (Wildman–Crippen LogP) is 1.36. The zero-order valence-corrected chi connectivity index (χ0v) is 11.2. The highest BCUT2D eigenvalue weighted by atomic mass is 31.1. The highest BCUT2D eigenvalue weighted by Gasteiger charge is 2.11. The first kappa shape index (κ1) is 16.4. The van der Waals surface area contributed by atoms with Crippen LogP contribution in [0, 0.1) is 0 Å². The van der Waals surface area contributed by atoms with Crippen LogP contribution in [0.3, 0.4) is 0 Å².